The fraction of sp³-hybridized carbons (Fsp3) is 0.529. The number of carbonyl (C=O) groups is 1. The van der Waals surface area contributed by atoms with Crippen molar-refractivity contribution < 1.29 is 9.53 Å². The molecule has 21 heavy (non-hydrogen) atoms. The molecule has 1 aromatic carbocycles. The predicted octanol–water partition coefficient (Wildman–Crippen LogP) is 2.88. The van der Waals surface area contributed by atoms with E-state index in [1.165, 1.54) is 0 Å². The Hall–Kier alpha value is -2.02. The molecule has 2 aliphatic rings. The lowest BCUT2D eigenvalue weighted by Gasteiger charge is -2.34. The van der Waals surface area contributed by atoms with E-state index in [1.54, 1.807) is 4.90 Å². The molecule has 3 rings (SSSR count). The van der Waals surface area contributed by atoms with E-state index in [-0.39, 0.29) is 5.91 Å². The van der Waals surface area contributed by atoms with Crippen LogP contribution < -0.4 is 4.74 Å². The molecule has 1 aliphatic heterocycles. The third-order valence-electron chi connectivity index (χ3n) is 4.57. The summed E-state index contributed by atoms with van der Waals surface area (Å²) in [5.41, 5.74) is 0.213. The monoisotopic (exact) mass is 284 g/mol. The van der Waals surface area contributed by atoms with E-state index in [2.05, 4.69) is 6.07 Å². The van der Waals surface area contributed by atoms with E-state index >= 15 is 0 Å². The minimum absolute atomic E-state index is 0.00926. The van der Waals surface area contributed by atoms with Crippen LogP contribution in [-0.2, 0) is 11.3 Å². The predicted molar refractivity (Wildman–Crippen MR) is 78.5 cm³/mol. The Labute approximate surface area is 125 Å². The van der Waals surface area contributed by atoms with Gasteiger partial charge in [-0.3, -0.25) is 4.79 Å². The van der Waals surface area contributed by atoms with E-state index in [9.17, 15) is 10.1 Å². The maximum atomic E-state index is 12.9. The Morgan fingerprint density at radius 1 is 1.24 bits per heavy atom. The molecule has 0 unspecified atom stereocenters. The Morgan fingerprint density at radius 3 is 2.76 bits per heavy atom. The van der Waals surface area contributed by atoms with Gasteiger partial charge < -0.3 is 9.64 Å². The second kappa shape index (κ2) is 5.77. The smallest absolute Gasteiger partial charge is 0.243 e. The summed E-state index contributed by atoms with van der Waals surface area (Å²) >= 11 is 0. The van der Waals surface area contributed by atoms with Crippen LogP contribution in [0.1, 0.15) is 37.7 Å². The molecule has 0 aromatic heterocycles. The number of benzene rings is 1. The van der Waals surface area contributed by atoms with Crippen molar-refractivity contribution in [2.45, 2.75) is 38.6 Å². The van der Waals surface area contributed by atoms with Crippen molar-refractivity contribution in [2.75, 3.05) is 13.2 Å². The van der Waals surface area contributed by atoms with E-state index in [0.717, 1.165) is 30.6 Å². The van der Waals surface area contributed by atoms with Gasteiger partial charge in [0.05, 0.1) is 12.6 Å². The molecular formula is C17H20N2O2. The number of nitriles is 1. The fourth-order valence-corrected chi connectivity index (χ4v) is 3.33. The van der Waals surface area contributed by atoms with Crippen molar-refractivity contribution in [2.24, 2.45) is 5.41 Å². The van der Waals surface area contributed by atoms with Crippen LogP contribution in [0, 0.1) is 16.7 Å². The molecule has 0 saturated heterocycles. The number of carbonyl (C=O) groups excluding carboxylic acids is 1. The minimum atomic E-state index is -0.808. The van der Waals surface area contributed by atoms with Gasteiger partial charge in [0.2, 0.25) is 5.91 Å². The number of fused-ring (bicyclic) bond motifs is 1. The van der Waals surface area contributed by atoms with Crippen LogP contribution in [0.25, 0.3) is 0 Å². The van der Waals surface area contributed by atoms with Crippen molar-refractivity contribution in [3.8, 4) is 11.8 Å². The number of amides is 1. The Kier molecular flexibility index (Phi) is 3.83. The van der Waals surface area contributed by atoms with Gasteiger partial charge in [0.1, 0.15) is 17.8 Å². The first-order chi connectivity index (χ1) is 10.2. The lowest BCUT2D eigenvalue weighted by molar-refractivity contribution is -0.141. The minimum Gasteiger partial charge on any atom is -0.491 e. The standard InChI is InChI=1S/C17H20N2O2/c18-13-17(8-4-1-5-9-17)16(20)19-10-11-21-15-7-3-2-6-14(15)12-19/h2-3,6-7H,1,4-5,8-12H2. The fourth-order valence-electron chi connectivity index (χ4n) is 3.33. The summed E-state index contributed by atoms with van der Waals surface area (Å²) in [6, 6.07) is 10.1. The maximum Gasteiger partial charge on any atom is 0.243 e. The van der Waals surface area contributed by atoms with Crippen molar-refractivity contribution in [1.29, 1.82) is 5.26 Å². The first kappa shape index (κ1) is 13.9. The molecule has 0 atom stereocenters. The lowest BCUT2D eigenvalue weighted by Crippen LogP contribution is -2.44. The van der Waals surface area contributed by atoms with Crippen LogP contribution in [-0.4, -0.2) is 24.0 Å². The molecule has 0 spiro atoms. The molecule has 1 amide bonds. The average Bonchev–Trinajstić information content (AvgIpc) is 2.77. The van der Waals surface area contributed by atoms with Crippen LogP contribution in [0.15, 0.2) is 24.3 Å². The lowest BCUT2D eigenvalue weighted by atomic mass is 9.74. The van der Waals surface area contributed by atoms with Crippen LogP contribution in [0.5, 0.6) is 5.75 Å². The summed E-state index contributed by atoms with van der Waals surface area (Å²) in [6.45, 7) is 1.58. The molecule has 4 nitrogen and oxygen atoms in total. The van der Waals surface area contributed by atoms with E-state index in [4.69, 9.17) is 4.74 Å². The molecule has 1 saturated carbocycles. The second-order valence-electron chi connectivity index (χ2n) is 5.94. The SMILES string of the molecule is N#CC1(C(=O)N2CCOc3ccccc3C2)CCCCC1. The van der Waals surface area contributed by atoms with Gasteiger partial charge in [0.15, 0.2) is 0 Å². The summed E-state index contributed by atoms with van der Waals surface area (Å²) in [7, 11) is 0. The normalized spacial score (nSPS) is 20.6. The number of hydrogen-bond donors (Lipinski definition) is 0. The molecule has 1 heterocycles. The Morgan fingerprint density at radius 2 is 2.00 bits per heavy atom. The summed E-state index contributed by atoms with van der Waals surface area (Å²) in [5.74, 6) is 0.840. The molecular weight excluding hydrogens is 264 g/mol. The van der Waals surface area contributed by atoms with E-state index < -0.39 is 5.41 Å². The van der Waals surface area contributed by atoms with Crippen molar-refractivity contribution >= 4 is 5.91 Å². The van der Waals surface area contributed by atoms with Crippen molar-refractivity contribution in [3.63, 3.8) is 0 Å². The maximum absolute atomic E-state index is 12.9. The summed E-state index contributed by atoms with van der Waals surface area (Å²) in [4.78, 5) is 14.7. The summed E-state index contributed by atoms with van der Waals surface area (Å²) < 4.78 is 5.71. The van der Waals surface area contributed by atoms with Crippen LogP contribution in [0.4, 0.5) is 0 Å². The molecule has 1 aliphatic carbocycles. The average molecular weight is 284 g/mol. The largest absolute Gasteiger partial charge is 0.491 e. The molecule has 1 fully saturated rings. The molecule has 4 heteroatoms. The zero-order chi connectivity index (χ0) is 14.7. The number of rotatable bonds is 1. The molecule has 1 aromatic rings. The highest BCUT2D eigenvalue weighted by Crippen LogP contribution is 2.38. The van der Waals surface area contributed by atoms with Gasteiger partial charge in [0.25, 0.3) is 0 Å². The van der Waals surface area contributed by atoms with Crippen molar-refractivity contribution in [3.05, 3.63) is 29.8 Å². The van der Waals surface area contributed by atoms with Gasteiger partial charge in [-0.1, -0.05) is 37.5 Å². The molecule has 0 bridgehead atoms. The Bertz CT molecular complexity index is 570. The summed E-state index contributed by atoms with van der Waals surface area (Å²) in [5, 5.41) is 9.58. The summed E-state index contributed by atoms with van der Waals surface area (Å²) in [6.07, 6.45) is 4.46. The van der Waals surface area contributed by atoms with Crippen molar-refractivity contribution in [1.82, 2.24) is 4.90 Å². The van der Waals surface area contributed by atoms with Gasteiger partial charge in [-0.2, -0.15) is 5.26 Å². The molecule has 0 N–H and O–H groups in total. The number of hydrogen-bond acceptors (Lipinski definition) is 3. The van der Waals surface area contributed by atoms with E-state index in [1.807, 2.05) is 24.3 Å². The highest BCUT2D eigenvalue weighted by molar-refractivity contribution is 5.85. The molecule has 110 valence electrons. The third-order valence-corrected chi connectivity index (χ3v) is 4.57. The topological polar surface area (TPSA) is 53.3 Å². The van der Waals surface area contributed by atoms with Gasteiger partial charge in [0, 0.05) is 12.1 Å². The van der Waals surface area contributed by atoms with Crippen LogP contribution >= 0.6 is 0 Å². The van der Waals surface area contributed by atoms with Gasteiger partial charge >= 0.3 is 0 Å². The quantitative estimate of drug-likeness (QED) is 0.796. The molecule has 0 radical (unpaired) electrons. The third kappa shape index (κ3) is 2.61. The first-order valence-electron chi connectivity index (χ1n) is 7.66. The zero-order valence-corrected chi connectivity index (χ0v) is 12.2. The Balaban J connectivity index is 1.83. The first-order valence-corrected chi connectivity index (χ1v) is 7.66. The highest BCUT2D eigenvalue weighted by atomic mass is 16.5. The van der Waals surface area contributed by atoms with Gasteiger partial charge in [-0.25, -0.2) is 0 Å². The zero-order valence-electron chi connectivity index (χ0n) is 12.2. The number of para-hydroxylation sites is 1. The number of ether oxygens (including phenoxy) is 1. The van der Waals surface area contributed by atoms with Gasteiger partial charge in [-0.05, 0) is 18.9 Å². The van der Waals surface area contributed by atoms with E-state index in [0.29, 0.717) is 32.5 Å². The second-order valence-corrected chi connectivity index (χ2v) is 5.94. The number of nitrogens with zero attached hydrogens (tertiary/aromatic N) is 2. The van der Waals surface area contributed by atoms with Gasteiger partial charge in [-0.15, -0.1) is 0 Å². The van der Waals surface area contributed by atoms with Crippen LogP contribution in [0.2, 0.25) is 0 Å². The van der Waals surface area contributed by atoms with Crippen LogP contribution in [0.3, 0.4) is 0 Å². The highest BCUT2D eigenvalue weighted by Gasteiger charge is 2.42.